The number of rotatable bonds is 5. The van der Waals surface area contributed by atoms with Crippen LogP contribution < -0.4 is 15.5 Å². The fraction of sp³-hybridized carbons (Fsp3) is 0.684. The smallest absolute Gasteiger partial charge is 0.358 e. The molecule has 5 nitrogen and oxygen atoms in total. The quantitative estimate of drug-likeness (QED) is 0.820. The van der Waals surface area contributed by atoms with Crippen molar-refractivity contribution in [3.05, 3.63) is 23.9 Å². The molecule has 1 aliphatic carbocycles. The molecular formula is C19H27F3N4O. The second-order valence-corrected chi connectivity index (χ2v) is 7.89. The number of aromatic nitrogens is 1. The average Bonchev–Trinajstić information content (AvgIpc) is 3.19. The first-order chi connectivity index (χ1) is 12.7. The lowest BCUT2D eigenvalue weighted by Gasteiger charge is -2.28. The Bertz CT molecular complexity index is 679. The van der Waals surface area contributed by atoms with E-state index in [2.05, 4.69) is 15.6 Å². The van der Waals surface area contributed by atoms with Crippen LogP contribution in [0.2, 0.25) is 0 Å². The summed E-state index contributed by atoms with van der Waals surface area (Å²) in [6, 6.07) is 3.98. The van der Waals surface area contributed by atoms with Crippen LogP contribution in [0.3, 0.4) is 0 Å². The first-order valence-electron chi connectivity index (χ1n) is 9.47. The van der Waals surface area contributed by atoms with E-state index in [4.69, 9.17) is 0 Å². The minimum absolute atomic E-state index is 0.0251. The number of pyridine rings is 1. The third-order valence-electron chi connectivity index (χ3n) is 5.79. The van der Waals surface area contributed by atoms with Gasteiger partial charge in [0.1, 0.15) is 11.5 Å². The minimum atomic E-state index is -4.44. The molecule has 2 aliphatic rings. The van der Waals surface area contributed by atoms with Gasteiger partial charge in [0.25, 0.3) is 0 Å². The molecular weight excluding hydrogens is 357 g/mol. The fourth-order valence-electron chi connectivity index (χ4n) is 4.37. The molecule has 8 heteroatoms. The van der Waals surface area contributed by atoms with Crippen LogP contribution in [-0.4, -0.2) is 43.1 Å². The largest absolute Gasteiger partial charge is 0.433 e. The van der Waals surface area contributed by atoms with Gasteiger partial charge in [0.05, 0.1) is 6.04 Å². The maximum absolute atomic E-state index is 12.9. The second kappa shape index (κ2) is 7.66. The molecule has 4 atom stereocenters. The summed E-state index contributed by atoms with van der Waals surface area (Å²) in [5.74, 6) is 1.24. The van der Waals surface area contributed by atoms with E-state index in [1.807, 2.05) is 18.7 Å². The molecule has 1 aromatic heterocycles. The van der Waals surface area contributed by atoms with E-state index in [1.54, 1.807) is 13.1 Å². The van der Waals surface area contributed by atoms with Crippen molar-refractivity contribution in [3.63, 3.8) is 0 Å². The molecule has 150 valence electrons. The highest BCUT2D eigenvalue weighted by Gasteiger charge is 2.44. The van der Waals surface area contributed by atoms with Crippen LogP contribution >= 0.6 is 0 Å². The third kappa shape index (κ3) is 4.20. The molecule has 0 spiro atoms. The van der Waals surface area contributed by atoms with E-state index in [0.717, 1.165) is 18.9 Å². The number of amides is 1. The van der Waals surface area contributed by atoms with Crippen molar-refractivity contribution >= 4 is 11.7 Å². The lowest BCUT2D eigenvalue weighted by Crippen LogP contribution is -2.52. The summed E-state index contributed by atoms with van der Waals surface area (Å²) in [5.41, 5.74) is -0.855. The van der Waals surface area contributed by atoms with Crippen LogP contribution in [0.5, 0.6) is 0 Å². The van der Waals surface area contributed by atoms with Gasteiger partial charge >= 0.3 is 6.18 Å². The van der Waals surface area contributed by atoms with Gasteiger partial charge < -0.3 is 15.5 Å². The second-order valence-electron chi connectivity index (χ2n) is 7.89. The SMILES string of the molecule is CNC(=O)[C@@H](N[C@H]1CC[C@@H]2CN(c3cccc(C(F)(F)F)n3)C[C@@H]21)C(C)C. The molecule has 0 radical (unpaired) electrons. The van der Waals surface area contributed by atoms with E-state index in [9.17, 15) is 18.0 Å². The molecule has 1 aromatic rings. The first-order valence-corrected chi connectivity index (χ1v) is 9.47. The van der Waals surface area contributed by atoms with Crippen molar-refractivity contribution in [2.24, 2.45) is 17.8 Å². The molecule has 27 heavy (non-hydrogen) atoms. The van der Waals surface area contributed by atoms with Crippen LogP contribution in [0.4, 0.5) is 19.0 Å². The Morgan fingerprint density at radius 3 is 2.63 bits per heavy atom. The molecule has 2 heterocycles. The number of anilines is 1. The molecule has 1 saturated carbocycles. The topological polar surface area (TPSA) is 57.3 Å². The Balaban J connectivity index is 1.70. The lowest BCUT2D eigenvalue weighted by molar-refractivity contribution is -0.141. The number of fused-ring (bicyclic) bond motifs is 1. The number of nitrogens with zero attached hydrogens (tertiary/aromatic N) is 2. The predicted octanol–water partition coefficient (Wildman–Crippen LogP) is 2.68. The monoisotopic (exact) mass is 384 g/mol. The maximum Gasteiger partial charge on any atom is 0.433 e. The van der Waals surface area contributed by atoms with Crippen LogP contribution in [0.25, 0.3) is 0 Å². The van der Waals surface area contributed by atoms with Gasteiger partial charge in [-0.1, -0.05) is 19.9 Å². The lowest BCUT2D eigenvalue weighted by atomic mass is 9.95. The Morgan fingerprint density at radius 1 is 1.26 bits per heavy atom. The Morgan fingerprint density at radius 2 is 2.00 bits per heavy atom. The van der Waals surface area contributed by atoms with Crippen LogP contribution in [0.15, 0.2) is 18.2 Å². The molecule has 1 aliphatic heterocycles. The standard InChI is InChI=1S/C19H27F3N4O/c1-11(2)17(18(27)23-3)24-14-8-7-12-9-26(10-13(12)14)16-6-4-5-15(25-16)19(20,21)22/h4-6,11-14,17,24H,7-10H2,1-3H3,(H,23,27)/t12-,13+,14+,17+/m1/s1. The summed E-state index contributed by atoms with van der Waals surface area (Å²) >= 11 is 0. The first kappa shape index (κ1) is 19.9. The van der Waals surface area contributed by atoms with E-state index in [1.165, 1.54) is 6.07 Å². The number of likely N-dealkylation sites (N-methyl/N-ethyl adjacent to an activating group) is 1. The van der Waals surface area contributed by atoms with E-state index in [-0.39, 0.29) is 23.9 Å². The molecule has 0 unspecified atom stereocenters. The highest BCUT2D eigenvalue weighted by Crippen LogP contribution is 2.40. The van der Waals surface area contributed by atoms with Crippen LogP contribution in [0, 0.1) is 17.8 Å². The molecule has 2 N–H and O–H groups in total. The number of carbonyl (C=O) groups is 1. The van der Waals surface area contributed by atoms with Gasteiger partial charge in [-0.05, 0) is 42.7 Å². The molecule has 1 amide bonds. The number of halogens is 3. The summed E-state index contributed by atoms with van der Waals surface area (Å²) < 4.78 is 38.8. The number of nitrogens with one attached hydrogen (secondary N) is 2. The van der Waals surface area contributed by atoms with Gasteiger partial charge in [0, 0.05) is 26.2 Å². The Kier molecular flexibility index (Phi) is 5.65. The van der Waals surface area contributed by atoms with Crippen LogP contribution in [0.1, 0.15) is 32.4 Å². The van der Waals surface area contributed by atoms with Crippen molar-refractivity contribution in [2.75, 3.05) is 25.0 Å². The fourth-order valence-corrected chi connectivity index (χ4v) is 4.37. The third-order valence-corrected chi connectivity index (χ3v) is 5.79. The summed E-state index contributed by atoms with van der Waals surface area (Å²) in [6.45, 7) is 5.39. The molecule has 2 fully saturated rings. The highest BCUT2D eigenvalue weighted by molar-refractivity contribution is 5.81. The van der Waals surface area contributed by atoms with Crippen molar-refractivity contribution < 1.29 is 18.0 Å². The highest BCUT2D eigenvalue weighted by atomic mass is 19.4. The zero-order chi connectivity index (χ0) is 19.8. The van der Waals surface area contributed by atoms with E-state index in [0.29, 0.717) is 30.7 Å². The molecule has 0 bridgehead atoms. The summed E-state index contributed by atoms with van der Waals surface area (Å²) in [5, 5.41) is 6.21. The van der Waals surface area contributed by atoms with Crippen LogP contribution in [-0.2, 0) is 11.0 Å². The van der Waals surface area contributed by atoms with Crippen molar-refractivity contribution in [2.45, 2.75) is 44.9 Å². The summed E-state index contributed by atoms with van der Waals surface area (Å²) in [4.78, 5) is 17.9. The van der Waals surface area contributed by atoms with Crippen molar-refractivity contribution in [1.82, 2.24) is 15.6 Å². The van der Waals surface area contributed by atoms with E-state index < -0.39 is 11.9 Å². The summed E-state index contributed by atoms with van der Waals surface area (Å²) in [7, 11) is 1.63. The number of carbonyl (C=O) groups excluding carboxylic acids is 1. The molecule has 1 saturated heterocycles. The van der Waals surface area contributed by atoms with Gasteiger partial charge in [0.2, 0.25) is 5.91 Å². The van der Waals surface area contributed by atoms with Crippen molar-refractivity contribution in [3.8, 4) is 0 Å². The van der Waals surface area contributed by atoms with Gasteiger partial charge in [0.15, 0.2) is 0 Å². The number of alkyl halides is 3. The zero-order valence-electron chi connectivity index (χ0n) is 15.9. The predicted molar refractivity (Wildman–Crippen MR) is 97.3 cm³/mol. The van der Waals surface area contributed by atoms with Gasteiger partial charge in [-0.2, -0.15) is 13.2 Å². The molecule has 0 aromatic carbocycles. The zero-order valence-corrected chi connectivity index (χ0v) is 15.9. The maximum atomic E-state index is 12.9. The summed E-state index contributed by atoms with van der Waals surface area (Å²) in [6.07, 6.45) is -2.44. The minimum Gasteiger partial charge on any atom is -0.358 e. The Hall–Kier alpha value is -1.83. The van der Waals surface area contributed by atoms with Gasteiger partial charge in [-0.15, -0.1) is 0 Å². The van der Waals surface area contributed by atoms with Crippen molar-refractivity contribution in [1.29, 1.82) is 0 Å². The van der Waals surface area contributed by atoms with Gasteiger partial charge in [-0.3, -0.25) is 4.79 Å². The number of hydrogen-bond acceptors (Lipinski definition) is 4. The number of hydrogen-bond donors (Lipinski definition) is 2. The normalized spacial score (nSPS) is 26.3. The van der Waals surface area contributed by atoms with E-state index >= 15 is 0 Å². The molecule has 3 rings (SSSR count). The average molecular weight is 384 g/mol. The Labute approximate surface area is 157 Å². The van der Waals surface area contributed by atoms with Gasteiger partial charge in [-0.25, -0.2) is 4.98 Å².